The Morgan fingerprint density at radius 1 is 1.47 bits per heavy atom. The van der Waals surface area contributed by atoms with Crippen LogP contribution in [0.5, 0.6) is 0 Å². The molecule has 1 rings (SSSR count). The first-order chi connectivity index (χ1) is 7.00. The number of rotatable bonds is 5. The van der Waals surface area contributed by atoms with Crippen molar-refractivity contribution in [3.05, 3.63) is 11.6 Å². The summed E-state index contributed by atoms with van der Waals surface area (Å²) in [7, 11) is 0. The summed E-state index contributed by atoms with van der Waals surface area (Å²) in [5.74, 6) is -3.98. The third-order valence-corrected chi connectivity index (χ3v) is 2.53. The molecule has 1 atom stereocenters. The van der Waals surface area contributed by atoms with Gasteiger partial charge in [-0.1, -0.05) is 18.6 Å². The molecule has 1 aliphatic rings. The van der Waals surface area contributed by atoms with Crippen LogP contribution in [0.4, 0.5) is 17.6 Å². The van der Waals surface area contributed by atoms with Crippen LogP contribution < -0.4 is 5.32 Å². The zero-order valence-electron chi connectivity index (χ0n) is 8.57. The van der Waals surface area contributed by atoms with Crippen LogP contribution in [0.25, 0.3) is 0 Å². The summed E-state index contributed by atoms with van der Waals surface area (Å²) in [5.41, 5.74) is 0.419. The zero-order chi connectivity index (χ0) is 11.5. The minimum absolute atomic E-state index is 0.254. The first kappa shape index (κ1) is 12.5. The van der Waals surface area contributed by atoms with Gasteiger partial charge in [-0.15, -0.1) is 0 Å². The van der Waals surface area contributed by atoms with E-state index in [0.717, 1.165) is 6.42 Å². The lowest BCUT2D eigenvalue weighted by atomic mass is 10.00. The highest BCUT2D eigenvalue weighted by Gasteiger charge is 2.49. The van der Waals surface area contributed by atoms with Gasteiger partial charge < -0.3 is 5.32 Å². The summed E-state index contributed by atoms with van der Waals surface area (Å²) in [6.45, 7) is 1.88. The van der Waals surface area contributed by atoms with Crippen molar-refractivity contribution in [3.63, 3.8) is 0 Å². The minimum Gasteiger partial charge on any atom is -0.305 e. The van der Waals surface area contributed by atoms with Crippen LogP contribution >= 0.6 is 0 Å². The lowest BCUT2D eigenvalue weighted by Crippen LogP contribution is -2.50. The van der Waals surface area contributed by atoms with Gasteiger partial charge in [0, 0.05) is 0 Å². The van der Waals surface area contributed by atoms with Crippen LogP contribution in [0, 0.1) is 0 Å². The predicted molar refractivity (Wildman–Crippen MR) is 50.3 cm³/mol. The Morgan fingerprint density at radius 3 is 2.53 bits per heavy atom. The molecule has 0 fully saturated rings. The maximum Gasteiger partial charge on any atom is 0.326 e. The van der Waals surface area contributed by atoms with Gasteiger partial charge >= 0.3 is 12.3 Å². The fraction of sp³-hybridized carbons (Fsp3) is 0.800. The largest absolute Gasteiger partial charge is 0.326 e. The van der Waals surface area contributed by atoms with E-state index in [2.05, 4.69) is 5.32 Å². The van der Waals surface area contributed by atoms with Crippen LogP contribution in [0.15, 0.2) is 11.6 Å². The summed E-state index contributed by atoms with van der Waals surface area (Å²) in [6, 6.07) is -1.51. The van der Waals surface area contributed by atoms with E-state index >= 15 is 0 Å². The Morgan fingerprint density at radius 2 is 2.13 bits per heavy atom. The van der Waals surface area contributed by atoms with E-state index in [-0.39, 0.29) is 6.54 Å². The highest BCUT2D eigenvalue weighted by atomic mass is 19.3. The van der Waals surface area contributed by atoms with Gasteiger partial charge in [0.05, 0.1) is 6.04 Å². The minimum atomic E-state index is -3.98. The van der Waals surface area contributed by atoms with Crippen molar-refractivity contribution >= 4 is 0 Å². The average Bonchev–Trinajstić information content (AvgIpc) is 2.66. The molecule has 0 saturated heterocycles. The number of likely N-dealkylation sites (N-methyl/N-ethyl adjacent to an activating group) is 1. The van der Waals surface area contributed by atoms with E-state index in [0.29, 0.717) is 18.4 Å². The molecule has 0 saturated carbocycles. The number of alkyl halides is 4. The standard InChI is InChI=1S/C10H15F4N/c1-2-15-8(7-5-3-4-6-7)10(13,14)9(11)12/h5,8-9,15H,2-4,6H2,1H3. The summed E-state index contributed by atoms with van der Waals surface area (Å²) in [6.07, 6.45) is -0.0144. The molecule has 0 heterocycles. The second-order valence-electron chi connectivity index (χ2n) is 3.64. The fourth-order valence-electron chi connectivity index (χ4n) is 1.80. The summed E-state index contributed by atoms with van der Waals surface area (Å²) in [5, 5.41) is 2.45. The molecule has 0 spiro atoms. The van der Waals surface area contributed by atoms with Crippen molar-refractivity contribution < 1.29 is 17.6 Å². The second kappa shape index (κ2) is 4.96. The highest BCUT2D eigenvalue weighted by molar-refractivity contribution is 5.19. The quantitative estimate of drug-likeness (QED) is 0.560. The first-order valence-electron chi connectivity index (χ1n) is 5.08. The third kappa shape index (κ3) is 2.71. The van der Waals surface area contributed by atoms with E-state index in [1.165, 1.54) is 0 Å². The van der Waals surface area contributed by atoms with Crippen LogP contribution in [0.2, 0.25) is 0 Å². The molecule has 0 amide bonds. The monoisotopic (exact) mass is 225 g/mol. The molecule has 1 aliphatic carbocycles. The molecule has 0 aromatic rings. The maximum atomic E-state index is 13.2. The van der Waals surface area contributed by atoms with Gasteiger partial charge in [0.1, 0.15) is 0 Å². The zero-order valence-corrected chi connectivity index (χ0v) is 8.57. The Labute approximate surface area is 86.5 Å². The molecular weight excluding hydrogens is 210 g/mol. The highest BCUT2D eigenvalue weighted by Crippen LogP contribution is 2.34. The van der Waals surface area contributed by atoms with Crippen molar-refractivity contribution in [1.29, 1.82) is 0 Å². The molecule has 0 bridgehead atoms. The lowest BCUT2D eigenvalue weighted by molar-refractivity contribution is -0.142. The van der Waals surface area contributed by atoms with Gasteiger partial charge in [-0.25, -0.2) is 8.78 Å². The molecule has 5 heteroatoms. The molecule has 1 unspecified atom stereocenters. The molecule has 88 valence electrons. The van der Waals surface area contributed by atoms with Crippen molar-refractivity contribution in [1.82, 2.24) is 5.32 Å². The number of hydrogen-bond donors (Lipinski definition) is 1. The summed E-state index contributed by atoms with van der Waals surface area (Å²) >= 11 is 0. The molecule has 1 N–H and O–H groups in total. The van der Waals surface area contributed by atoms with E-state index in [1.54, 1.807) is 13.0 Å². The molecule has 0 aliphatic heterocycles. The van der Waals surface area contributed by atoms with Crippen LogP contribution in [-0.2, 0) is 0 Å². The van der Waals surface area contributed by atoms with E-state index in [4.69, 9.17) is 0 Å². The molecule has 0 radical (unpaired) electrons. The van der Waals surface area contributed by atoms with Crippen molar-refractivity contribution in [3.8, 4) is 0 Å². The lowest BCUT2D eigenvalue weighted by Gasteiger charge is -2.28. The second-order valence-corrected chi connectivity index (χ2v) is 3.64. The first-order valence-corrected chi connectivity index (χ1v) is 5.08. The van der Waals surface area contributed by atoms with Gasteiger partial charge in [-0.05, 0) is 25.8 Å². The van der Waals surface area contributed by atoms with Crippen LogP contribution in [0.1, 0.15) is 26.2 Å². The van der Waals surface area contributed by atoms with Crippen molar-refractivity contribution in [2.75, 3.05) is 6.54 Å². The number of halogens is 4. The number of nitrogens with one attached hydrogen (secondary N) is 1. The Bertz CT molecular complexity index is 238. The predicted octanol–water partition coefficient (Wildman–Crippen LogP) is 2.98. The molecular formula is C10H15F4N. The molecule has 0 aromatic carbocycles. The maximum absolute atomic E-state index is 13.2. The summed E-state index contributed by atoms with van der Waals surface area (Å²) in [4.78, 5) is 0. The van der Waals surface area contributed by atoms with Gasteiger partial charge in [-0.2, -0.15) is 8.78 Å². The summed E-state index contributed by atoms with van der Waals surface area (Å²) < 4.78 is 50.8. The van der Waals surface area contributed by atoms with Crippen LogP contribution in [0.3, 0.4) is 0 Å². The Kier molecular flexibility index (Phi) is 4.13. The van der Waals surface area contributed by atoms with Gasteiger partial charge in [-0.3, -0.25) is 0 Å². The number of hydrogen-bond acceptors (Lipinski definition) is 1. The smallest absolute Gasteiger partial charge is 0.305 e. The topological polar surface area (TPSA) is 12.0 Å². The van der Waals surface area contributed by atoms with Gasteiger partial charge in [0.15, 0.2) is 0 Å². The number of allylic oxidation sites excluding steroid dienone is 1. The van der Waals surface area contributed by atoms with Crippen molar-refractivity contribution in [2.24, 2.45) is 0 Å². The SMILES string of the molecule is CCNC(C1=CCCC1)C(F)(F)C(F)F. The normalized spacial score (nSPS) is 19.5. The third-order valence-electron chi connectivity index (χ3n) is 2.53. The molecule has 0 aromatic heterocycles. The van der Waals surface area contributed by atoms with E-state index < -0.39 is 18.4 Å². The van der Waals surface area contributed by atoms with Gasteiger partial charge in [0.2, 0.25) is 0 Å². The van der Waals surface area contributed by atoms with Crippen molar-refractivity contribution in [2.45, 2.75) is 44.6 Å². The van der Waals surface area contributed by atoms with E-state index in [9.17, 15) is 17.6 Å². The average molecular weight is 225 g/mol. The Balaban J connectivity index is 2.81. The fourth-order valence-corrected chi connectivity index (χ4v) is 1.80. The molecule has 1 nitrogen and oxygen atoms in total. The van der Waals surface area contributed by atoms with E-state index in [1.807, 2.05) is 0 Å². The van der Waals surface area contributed by atoms with Crippen LogP contribution in [-0.4, -0.2) is 24.9 Å². The Hall–Kier alpha value is -0.580. The van der Waals surface area contributed by atoms with Gasteiger partial charge in [0.25, 0.3) is 0 Å². The molecule has 15 heavy (non-hydrogen) atoms.